The summed E-state index contributed by atoms with van der Waals surface area (Å²) in [6.45, 7) is 2.95. The molecular weight excluding hydrogens is 328 g/mol. The molecule has 0 saturated carbocycles. The molecule has 7 heteroatoms. The van der Waals surface area contributed by atoms with Crippen molar-refractivity contribution < 1.29 is 9.47 Å². The molecule has 0 atom stereocenters. The SMILES string of the molecule is Clc1cc2c(cc1CNC1CCN(c3cccnn3)CC1)OCO2. The first-order valence-electron chi connectivity index (χ1n) is 8.13. The van der Waals surface area contributed by atoms with Gasteiger partial charge in [-0.05, 0) is 36.6 Å². The third-order valence-corrected chi connectivity index (χ3v) is 4.85. The van der Waals surface area contributed by atoms with Crippen LogP contribution in [0.2, 0.25) is 5.02 Å². The van der Waals surface area contributed by atoms with E-state index in [2.05, 4.69) is 20.4 Å². The zero-order valence-corrected chi connectivity index (χ0v) is 14.0. The van der Waals surface area contributed by atoms with Crippen LogP contribution in [0.5, 0.6) is 11.5 Å². The molecule has 24 heavy (non-hydrogen) atoms. The lowest BCUT2D eigenvalue weighted by atomic mass is 10.0. The molecule has 0 radical (unpaired) electrons. The van der Waals surface area contributed by atoms with Gasteiger partial charge in [0.05, 0.1) is 0 Å². The van der Waals surface area contributed by atoms with Crippen LogP contribution >= 0.6 is 11.6 Å². The van der Waals surface area contributed by atoms with Crippen molar-refractivity contribution in [2.45, 2.75) is 25.4 Å². The molecule has 0 amide bonds. The standard InChI is InChI=1S/C17H19ClN4O2/c18-14-9-16-15(23-11-24-16)8-12(14)10-19-13-3-6-22(7-4-13)17-2-1-5-20-21-17/h1-2,5,8-9,13,19H,3-4,6-7,10-11H2. The lowest BCUT2D eigenvalue weighted by Gasteiger charge is -2.33. The van der Waals surface area contributed by atoms with Gasteiger partial charge in [0.1, 0.15) is 0 Å². The molecule has 2 aliphatic rings. The molecule has 0 aliphatic carbocycles. The Bertz CT molecular complexity index is 705. The summed E-state index contributed by atoms with van der Waals surface area (Å²) in [5.41, 5.74) is 1.04. The summed E-state index contributed by atoms with van der Waals surface area (Å²) in [6.07, 6.45) is 3.84. The normalized spacial score (nSPS) is 17.3. The summed E-state index contributed by atoms with van der Waals surface area (Å²) in [6, 6.07) is 8.20. The highest BCUT2D eigenvalue weighted by Crippen LogP contribution is 2.36. The molecule has 1 N–H and O–H groups in total. The summed E-state index contributed by atoms with van der Waals surface area (Å²) in [5, 5.41) is 12.4. The average Bonchev–Trinajstić information content (AvgIpc) is 3.08. The van der Waals surface area contributed by atoms with E-state index >= 15 is 0 Å². The average molecular weight is 347 g/mol. The van der Waals surface area contributed by atoms with Crippen LogP contribution in [0.15, 0.2) is 30.5 Å². The maximum atomic E-state index is 6.33. The van der Waals surface area contributed by atoms with Gasteiger partial charge in [-0.15, -0.1) is 5.10 Å². The van der Waals surface area contributed by atoms with Gasteiger partial charge in [0.15, 0.2) is 17.3 Å². The van der Waals surface area contributed by atoms with E-state index in [9.17, 15) is 0 Å². The Balaban J connectivity index is 1.32. The maximum absolute atomic E-state index is 6.33. The Kier molecular flexibility index (Phi) is 4.40. The zero-order valence-electron chi connectivity index (χ0n) is 13.2. The number of ether oxygens (including phenoxy) is 2. The van der Waals surface area contributed by atoms with Crippen molar-refractivity contribution in [3.05, 3.63) is 41.0 Å². The second-order valence-corrected chi connectivity index (χ2v) is 6.43. The summed E-state index contributed by atoms with van der Waals surface area (Å²) in [5.74, 6) is 2.45. The number of fused-ring (bicyclic) bond motifs is 1. The minimum absolute atomic E-state index is 0.267. The van der Waals surface area contributed by atoms with E-state index in [4.69, 9.17) is 21.1 Å². The van der Waals surface area contributed by atoms with E-state index in [0.29, 0.717) is 11.1 Å². The first-order chi connectivity index (χ1) is 11.8. The molecule has 6 nitrogen and oxygen atoms in total. The summed E-state index contributed by atoms with van der Waals surface area (Å²) in [4.78, 5) is 2.28. The molecular formula is C17H19ClN4O2. The van der Waals surface area contributed by atoms with Crippen molar-refractivity contribution in [1.29, 1.82) is 0 Å². The molecule has 0 bridgehead atoms. The Morgan fingerprint density at radius 1 is 1.21 bits per heavy atom. The first kappa shape index (κ1) is 15.5. The van der Waals surface area contributed by atoms with Crippen LogP contribution in [-0.4, -0.2) is 36.1 Å². The van der Waals surface area contributed by atoms with Gasteiger partial charge in [-0.1, -0.05) is 11.6 Å². The summed E-state index contributed by atoms with van der Waals surface area (Å²) >= 11 is 6.33. The number of piperidine rings is 1. The molecule has 1 fully saturated rings. The second kappa shape index (κ2) is 6.83. The quantitative estimate of drug-likeness (QED) is 0.918. The molecule has 2 aromatic rings. The summed E-state index contributed by atoms with van der Waals surface area (Å²) < 4.78 is 10.8. The van der Waals surface area contributed by atoms with E-state index in [1.807, 2.05) is 24.3 Å². The lowest BCUT2D eigenvalue weighted by molar-refractivity contribution is 0.174. The molecule has 2 aliphatic heterocycles. The van der Waals surface area contributed by atoms with E-state index in [0.717, 1.165) is 55.4 Å². The van der Waals surface area contributed by atoms with Crippen molar-refractivity contribution in [3.63, 3.8) is 0 Å². The second-order valence-electron chi connectivity index (χ2n) is 6.02. The van der Waals surface area contributed by atoms with Gasteiger partial charge < -0.3 is 19.7 Å². The van der Waals surface area contributed by atoms with E-state index in [1.54, 1.807) is 6.20 Å². The Morgan fingerprint density at radius 2 is 2.00 bits per heavy atom. The highest BCUT2D eigenvalue weighted by Gasteiger charge is 2.21. The van der Waals surface area contributed by atoms with Crippen LogP contribution < -0.4 is 19.7 Å². The highest BCUT2D eigenvalue weighted by atomic mass is 35.5. The summed E-state index contributed by atoms with van der Waals surface area (Å²) in [7, 11) is 0. The molecule has 3 heterocycles. The van der Waals surface area contributed by atoms with Crippen LogP contribution in [0.1, 0.15) is 18.4 Å². The maximum Gasteiger partial charge on any atom is 0.231 e. The Labute approximate surface area is 145 Å². The largest absolute Gasteiger partial charge is 0.454 e. The van der Waals surface area contributed by atoms with Gasteiger partial charge in [0.25, 0.3) is 0 Å². The number of hydrogen-bond donors (Lipinski definition) is 1. The van der Waals surface area contributed by atoms with Crippen molar-refractivity contribution in [2.75, 3.05) is 24.8 Å². The monoisotopic (exact) mass is 346 g/mol. The van der Waals surface area contributed by atoms with Gasteiger partial charge in [-0.2, -0.15) is 5.10 Å². The third kappa shape index (κ3) is 3.25. The molecule has 1 saturated heterocycles. The lowest BCUT2D eigenvalue weighted by Crippen LogP contribution is -2.42. The third-order valence-electron chi connectivity index (χ3n) is 4.50. The zero-order chi connectivity index (χ0) is 16.4. The minimum atomic E-state index is 0.267. The van der Waals surface area contributed by atoms with Crippen LogP contribution in [0.4, 0.5) is 5.82 Å². The highest BCUT2D eigenvalue weighted by molar-refractivity contribution is 6.31. The van der Waals surface area contributed by atoms with Crippen molar-refractivity contribution in [3.8, 4) is 11.5 Å². The fourth-order valence-corrected chi connectivity index (χ4v) is 3.34. The molecule has 1 aromatic heterocycles. The van der Waals surface area contributed by atoms with E-state index < -0.39 is 0 Å². The van der Waals surface area contributed by atoms with Gasteiger partial charge >= 0.3 is 0 Å². The number of aromatic nitrogens is 2. The number of anilines is 1. The van der Waals surface area contributed by atoms with Crippen molar-refractivity contribution >= 4 is 17.4 Å². The predicted molar refractivity (Wildman–Crippen MR) is 91.7 cm³/mol. The van der Waals surface area contributed by atoms with Gasteiger partial charge in [-0.25, -0.2) is 0 Å². The number of nitrogens with zero attached hydrogens (tertiary/aromatic N) is 3. The van der Waals surface area contributed by atoms with Crippen LogP contribution in [0, 0.1) is 0 Å². The molecule has 126 valence electrons. The van der Waals surface area contributed by atoms with Crippen molar-refractivity contribution in [1.82, 2.24) is 15.5 Å². The number of nitrogens with one attached hydrogen (secondary N) is 1. The molecule has 0 spiro atoms. The van der Waals surface area contributed by atoms with Crippen LogP contribution in [0.25, 0.3) is 0 Å². The number of halogens is 1. The van der Waals surface area contributed by atoms with Gasteiger partial charge in [-0.3, -0.25) is 0 Å². The van der Waals surface area contributed by atoms with E-state index in [-0.39, 0.29) is 6.79 Å². The predicted octanol–water partition coefficient (Wildman–Crippen LogP) is 2.62. The topological polar surface area (TPSA) is 59.5 Å². The Morgan fingerprint density at radius 3 is 2.75 bits per heavy atom. The fourth-order valence-electron chi connectivity index (χ4n) is 3.12. The first-order valence-corrected chi connectivity index (χ1v) is 8.51. The number of benzene rings is 1. The van der Waals surface area contributed by atoms with Gasteiger partial charge in [0.2, 0.25) is 6.79 Å². The minimum Gasteiger partial charge on any atom is -0.454 e. The fraction of sp³-hybridized carbons (Fsp3) is 0.412. The van der Waals surface area contributed by atoms with Gasteiger partial charge in [0, 0.05) is 43.0 Å². The Hall–Kier alpha value is -2.05. The number of rotatable bonds is 4. The molecule has 1 aromatic carbocycles. The molecule has 0 unspecified atom stereocenters. The molecule has 4 rings (SSSR count). The van der Waals surface area contributed by atoms with Crippen molar-refractivity contribution in [2.24, 2.45) is 0 Å². The number of hydrogen-bond acceptors (Lipinski definition) is 6. The van der Waals surface area contributed by atoms with Crippen LogP contribution in [-0.2, 0) is 6.54 Å². The van der Waals surface area contributed by atoms with Crippen LogP contribution in [0.3, 0.4) is 0 Å². The van der Waals surface area contributed by atoms with E-state index in [1.165, 1.54) is 0 Å². The smallest absolute Gasteiger partial charge is 0.231 e.